The highest BCUT2D eigenvalue weighted by Gasteiger charge is 2.19. The van der Waals surface area contributed by atoms with E-state index >= 15 is 0 Å². The molecule has 6 nitrogen and oxygen atoms in total. The van der Waals surface area contributed by atoms with E-state index in [4.69, 9.17) is 4.74 Å². The van der Waals surface area contributed by atoms with Crippen LogP contribution < -0.4 is 15.6 Å². The van der Waals surface area contributed by atoms with E-state index in [9.17, 15) is 9.59 Å². The van der Waals surface area contributed by atoms with Crippen molar-refractivity contribution in [2.75, 3.05) is 7.11 Å². The van der Waals surface area contributed by atoms with Crippen LogP contribution in [0.2, 0.25) is 0 Å². The van der Waals surface area contributed by atoms with Gasteiger partial charge in [-0.25, -0.2) is 0 Å². The molecule has 0 saturated heterocycles. The van der Waals surface area contributed by atoms with Gasteiger partial charge in [-0.3, -0.25) is 9.59 Å². The fourth-order valence-corrected chi connectivity index (χ4v) is 2.72. The molecular weight excluding hydrogens is 330 g/mol. The number of amides is 1. The number of rotatable bonds is 5. The third kappa shape index (κ3) is 3.18. The number of methoxy groups -OCH3 is 1. The molecule has 2 aromatic carbocycles. The van der Waals surface area contributed by atoms with Crippen LogP contribution in [0.15, 0.2) is 53.3 Å². The van der Waals surface area contributed by atoms with E-state index in [2.05, 4.69) is 10.4 Å². The number of ether oxygens (including phenoxy) is 1. The molecule has 1 aromatic heterocycles. The van der Waals surface area contributed by atoms with Gasteiger partial charge < -0.3 is 10.1 Å². The van der Waals surface area contributed by atoms with Gasteiger partial charge in [-0.05, 0) is 31.5 Å². The molecule has 0 spiro atoms. The van der Waals surface area contributed by atoms with E-state index < -0.39 is 0 Å². The second-order valence-corrected chi connectivity index (χ2v) is 6.07. The van der Waals surface area contributed by atoms with Gasteiger partial charge in [-0.2, -0.15) is 9.78 Å². The zero-order chi connectivity index (χ0) is 18.7. The fourth-order valence-electron chi connectivity index (χ4n) is 2.72. The van der Waals surface area contributed by atoms with Gasteiger partial charge in [0, 0.05) is 11.4 Å². The lowest BCUT2D eigenvalue weighted by molar-refractivity contribution is 0.0934. The van der Waals surface area contributed by atoms with Gasteiger partial charge in [0.15, 0.2) is 5.69 Å². The van der Waals surface area contributed by atoms with Gasteiger partial charge >= 0.3 is 0 Å². The van der Waals surface area contributed by atoms with Crippen LogP contribution in [0.1, 0.15) is 30.8 Å². The molecule has 0 saturated carbocycles. The summed E-state index contributed by atoms with van der Waals surface area (Å²) in [5.74, 6) is 0.199. The smallest absolute Gasteiger partial charge is 0.279 e. The molecule has 1 amide bonds. The van der Waals surface area contributed by atoms with Gasteiger partial charge in [-0.1, -0.05) is 37.3 Å². The Kier molecular flexibility index (Phi) is 5.02. The molecule has 0 aliphatic rings. The van der Waals surface area contributed by atoms with Crippen molar-refractivity contribution in [1.29, 1.82) is 0 Å². The number of benzene rings is 2. The van der Waals surface area contributed by atoms with Crippen molar-refractivity contribution >= 4 is 16.7 Å². The van der Waals surface area contributed by atoms with Crippen LogP contribution in [0.5, 0.6) is 5.75 Å². The molecule has 0 radical (unpaired) electrons. The Bertz CT molecular complexity index is 1010. The number of fused-ring (bicyclic) bond motifs is 1. The number of carbonyl (C=O) groups is 1. The largest absolute Gasteiger partial charge is 0.494 e. The van der Waals surface area contributed by atoms with E-state index in [0.29, 0.717) is 22.2 Å². The maximum atomic E-state index is 13.0. The first-order valence-corrected chi connectivity index (χ1v) is 8.53. The maximum Gasteiger partial charge on any atom is 0.279 e. The molecule has 3 rings (SSSR count). The van der Waals surface area contributed by atoms with Gasteiger partial charge in [0.2, 0.25) is 0 Å². The predicted octanol–water partition coefficient (Wildman–Crippen LogP) is 2.92. The molecule has 0 aliphatic heterocycles. The van der Waals surface area contributed by atoms with E-state index in [1.807, 2.05) is 19.9 Å². The van der Waals surface area contributed by atoms with Gasteiger partial charge in [0.1, 0.15) is 11.4 Å². The first kappa shape index (κ1) is 17.7. The third-order valence-corrected chi connectivity index (χ3v) is 4.32. The second kappa shape index (κ2) is 7.39. The number of aromatic nitrogens is 2. The molecule has 1 unspecified atom stereocenters. The van der Waals surface area contributed by atoms with Crippen molar-refractivity contribution in [2.24, 2.45) is 0 Å². The standard InChI is InChI=1S/C20H21N3O3/c1-4-13(2)21-19(24)18-14-9-5-6-10-15(14)20(25)23(22-18)16-11-7-8-12-17(16)26-3/h5-13H,4H2,1-3H3,(H,21,24). The summed E-state index contributed by atoms with van der Waals surface area (Å²) in [6, 6.07) is 14.1. The van der Waals surface area contributed by atoms with E-state index in [1.165, 1.54) is 11.8 Å². The van der Waals surface area contributed by atoms with Gasteiger partial charge in [-0.15, -0.1) is 0 Å². The zero-order valence-electron chi connectivity index (χ0n) is 15.0. The Hall–Kier alpha value is -3.15. The number of carbonyl (C=O) groups excluding carboxylic acids is 1. The lowest BCUT2D eigenvalue weighted by Crippen LogP contribution is -2.35. The van der Waals surface area contributed by atoms with Crippen molar-refractivity contribution in [1.82, 2.24) is 15.1 Å². The number of nitrogens with zero attached hydrogens (tertiary/aromatic N) is 2. The summed E-state index contributed by atoms with van der Waals surface area (Å²) in [4.78, 5) is 25.7. The van der Waals surface area contributed by atoms with Crippen LogP contribution in [0.4, 0.5) is 0 Å². The molecule has 1 N–H and O–H groups in total. The molecule has 0 bridgehead atoms. The normalized spacial score (nSPS) is 12.0. The number of hydrogen-bond donors (Lipinski definition) is 1. The molecule has 0 aliphatic carbocycles. The lowest BCUT2D eigenvalue weighted by atomic mass is 10.1. The lowest BCUT2D eigenvalue weighted by Gasteiger charge is -2.15. The number of nitrogens with one attached hydrogen (secondary N) is 1. The van der Waals surface area contributed by atoms with Crippen molar-refractivity contribution in [3.05, 3.63) is 64.6 Å². The van der Waals surface area contributed by atoms with Crippen LogP contribution >= 0.6 is 0 Å². The Labute approximate surface area is 151 Å². The van der Waals surface area contributed by atoms with Crippen LogP contribution in [0, 0.1) is 0 Å². The minimum Gasteiger partial charge on any atom is -0.494 e. The molecule has 26 heavy (non-hydrogen) atoms. The minimum absolute atomic E-state index is 0.00898. The summed E-state index contributed by atoms with van der Waals surface area (Å²) >= 11 is 0. The van der Waals surface area contributed by atoms with Crippen LogP contribution in [0.3, 0.4) is 0 Å². The van der Waals surface area contributed by atoms with Crippen molar-refractivity contribution in [2.45, 2.75) is 26.3 Å². The molecule has 6 heteroatoms. The Morgan fingerprint density at radius 2 is 1.81 bits per heavy atom. The fraction of sp³-hybridized carbons (Fsp3) is 0.250. The molecule has 1 heterocycles. The highest BCUT2D eigenvalue weighted by Crippen LogP contribution is 2.22. The van der Waals surface area contributed by atoms with Crippen LogP contribution in [-0.4, -0.2) is 28.8 Å². The summed E-state index contributed by atoms with van der Waals surface area (Å²) in [5.41, 5.74) is 0.403. The highest BCUT2D eigenvalue weighted by atomic mass is 16.5. The summed E-state index contributed by atoms with van der Waals surface area (Å²) in [5, 5.41) is 8.26. The number of para-hydroxylation sites is 2. The predicted molar refractivity (Wildman–Crippen MR) is 101 cm³/mol. The summed E-state index contributed by atoms with van der Waals surface area (Å²) in [6.45, 7) is 3.92. The quantitative estimate of drug-likeness (QED) is 0.767. The number of hydrogen-bond acceptors (Lipinski definition) is 4. The summed E-state index contributed by atoms with van der Waals surface area (Å²) < 4.78 is 6.58. The average Bonchev–Trinajstić information content (AvgIpc) is 2.68. The second-order valence-electron chi connectivity index (χ2n) is 6.07. The minimum atomic E-state index is -0.306. The summed E-state index contributed by atoms with van der Waals surface area (Å²) in [6.07, 6.45) is 0.801. The Morgan fingerprint density at radius 1 is 1.15 bits per heavy atom. The molecule has 3 aromatic rings. The SMILES string of the molecule is CCC(C)NC(=O)c1nn(-c2ccccc2OC)c(=O)c2ccccc12. The van der Waals surface area contributed by atoms with E-state index in [-0.39, 0.29) is 23.2 Å². The molecule has 134 valence electrons. The van der Waals surface area contributed by atoms with Crippen LogP contribution in [0.25, 0.3) is 16.5 Å². The van der Waals surface area contributed by atoms with E-state index in [1.54, 1.807) is 42.5 Å². The Balaban J connectivity index is 2.27. The molecular formula is C20H21N3O3. The Morgan fingerprint density at radius 3 is 2.50 bits per heavy atom. The third-order valence-electron chi connectivity index (χ3n) is 4.32. The highest BCUT2D eigenvalue weighted by molar-refractivity contribution is 6.05. The van der Waals surface area contributed by atoms with Crippen molar-refractivity contribution in [3.8, 4) is 11.4 Å². The monoisotopic (exact) mass is 351 g/mol. The zero-order valence-corrected chi connectivity index (χ0v) is 15.0. The van der Waals surface area contributed by atoms with Crippen LogP contribution in [-0.2, 0) is 0 Å². The van der Waals surface area contributed by atoms with Crippen molar-refractivity contribution in [3.63, 3.8) is 0 Å². The first-order chi connectivity index (χ1) is 12.6. The van der Waals surface area contributed by atoms with Gasteiger partial charge in [0.05, 0.1) is 12.5 Å². The van der Waals surface area contributed by atoms with Gasteiger partial charge in [0.25, 0.3) is 11.5 Å². The molecule has 0 fully saturated rings. The molecule has 1 atom stereocenters. The van der Waals surface area contributed by atoms with Crippen molar-refractivity contribution < 1.29 is 9.53 Å². The van der Waals surface area contributed by atoms with E-state index in [0.717, 1.165) is 6.42 Å². The first-order valence-electron chi connectivity index (χ1n) is 8.53. The average molecular weight is 351 g/mol. The summed E-state index contributed by atoms with van der Waals surface area (Å²) in [7, 11) is 1.53. The topological polar surface area (TPSA) is 73.2 Å². The maximum absolute atomic E-state index is 13.0.